The van der Waals surface area contributed by atoms with Crippen molar-refractivity contribution in [3.8, 4) is 0 Å². The number of carbonyl (C=O) groups excluding carboxylic acids is 1. The minimum absolute atomic E-state index is 0.136. The van der Waals surface area contributed by atoms with Gasteiger partial charge in [-0.25, -0.2) is 0 Å². The average molecular weight is 315 g/mol. The summed E-state index contributed by atoms with van der Waals surface area (Å²) in [4.78, 5) is 16.1. The van der Waals surface area contributed by atoms with E-state index in [1.54, 1.807) is 6.20 Å². The Morgan fingerprint density at radius 3 is 3.00 bits per heavy atom. The molecule has 1 heterocycles. The molecule has 1 aromatic heterocycles. The Kier molecular flexibility index (Phi) is 3.38. The third-order valence-corrected chi connectivity index (χ3v) is 3.78. The zero-order chi connectivity index (χ0) is 10.8. The maximum absolute atomic E-state index is 12.0. The first-order valence-corrected chi connectivity index (χ1v) is 6.52. The van der Waals surface area contributed by atoms with Crippen LogP contribution in [0.5, 0.6) is 0 Å². The highest BCUT2D eigenvalue weighted by atomic mass is 127. The molecule has 1 fully saturated rings. The van der Waals surface area contributed by atoms with Gasteiger partial charge in [0.25, 0.3) is 0 Å². The maximum atomic E-state index is 12.0. The molecule has 2 rings (SSSR count). The van der Waals surface area contributed by atoms with Gasteiger partial charge in [0.1, 0.15) is 0 Å². The number of aromatic nitrogens is 1. The SMILES string of the molecule is Cc1cc(C(=O)C(I)CC2CC2)ccn1. The topological polar surface area (TPSA) is 30.0 Å². The summed E-state index contributed by atoms with van der Waals surface area (Å²) < 4.78 is 0.136. The fraction of sp³-hybridized carbons (Fsp3) is 0.500. The molecule has 1 unspecified atom stereocenters. The number of hydrogen-bond donors (Lipinski definition) is 0. The second-order valence-corrected chi connectivity index (χ2v) is 5.70. The van der Waals surface area contributed by atoms with Crippen LogP contribution in [0.2, 0.25) is 0 Å². The molecule has 0 radical (unpaired) electrons. The first kappa shape index (κ1) is 11.0. The smallest absolute Gasteiger partial charge is 0.175 e. The number of carbonyl (C=O) groups is 1. The lowest BCUT2D eigenvalue weighted by atomic mass is 10.1. The molecule has 80 valence electrons. The fourth-order valence-corrected chi connectivity index (χ4v) is 2.71. The van der Waals surface area contributed by atoms with Crippen molar-refractivity contribution in [2.75, 3.05) is 0 Å². The molecular weight excluding hydrogens is 301 g/mol. The highest BCUT2D eigenvalue weighted by Crippen LogP contribution is 2.36. The highest BCUT2D eigenvalue weighted by Gasteiger charge is 2.28. The molecule has 0 N–H and O–H groups in total. The van der Waals surface area contributed by atoms with Gasteiger partial charge in [0.05, 0.1) is 3.92 Å². The van der Waals surface area contributed by atoms with Crippen molar-refractivity contribution in [1.29, 1.82) is 0 Å². The minimum Gasteiger partial charge on any atom is -0.293 e. The van der Waals surface area contributed by atoms with Gasteiger partial charge in [-0.1, -0.05) is 35.4 Å². The summed E-state index contributed by atoms with van der Waals surface area (Å²) in [6.07, 6.45) is 5.37. The van der Waals surface area contributed by atoms with Crippen LogP contribution < -0.4 is 0 Å². The second-order valence-electron chi connectivity index (χ2n) is 4.20. The van der Waals surface area contributed by atoms with Gasteiger partial charge in [-0.05, 0) is 31.4 Å². The van der Waals surface area contributed by atoms with Crippen molar-refractivity contribution in [2.45, 2.75) is 30.1 Å². The van der Waals surface area contributed by atoms with E-state index in [0.29, 0.717) is 0 Å². The number of nitrogens with zero attached hydrogens (tertiary/aromatic N) is 1. The number of Topliss-reactive ketones (excluding diaryl/α,β-unsaturated/α-hetero) is 1. The first-order chi connectivity index (χ1) is 7.16. The van der Waals surface area contributed by atoms with E-state index < -0.39 is 0 Å². The number of aryl methyl sites for hydroxylation is 1. The second kappa shape index (κ2) is 4.60. The quantitative estimate of drug-likeness (QED) is 0.485. The summed E-state index contributed by atoms with van der Waals surface area (Å²) in [5.74, 6) is 1.06. The van der Waals surface area contributed by atoms with Crippen molar-refractivity contribution < 1.29 is 4.79 Å². The number of hydrogen-bond acceptors (Lipinski definition) is 2. The molecule has 0 bridgehead atoms. The number of rotatable bonds is 4. The van der Waals surface area contributed by atoms with Gasteiger partial charge in [0.15, 0.2) is 5.78 Å². The Balaban J connectivity index is 2.05. The largest absolute Gasteiger partial charge is 0.293 e. The molecule has 1 atom stereocenters. The zero-order valence-electron chi connectivity index (χ0n) is 8.74. The number of ketones is 1. The van der Waals surface area contributed by atoms with Crippen LogP contribution >= 0.6 is 22.6 Å². The van der Waals surface area contributed by atoms with Crippen LogP contribution in [0, 0.1) is 12.8 Å². The maximum Gasteiger partial charge on any atom is 0.175 e. The third-order valence-electron chi connectivity index (χ3n) is 2.70. The van der Waals surface area contributed by atoms with E-state index >= 15 is 0 Å². The number of halogens is 1. The van der Waals surface area contributed by atoms with E-state index in [2.05, 4.69) is 27.6 Å². The molecule has 1 aliphatic carbocycles. The van der Waals surface area contributed by atoms with Gasteiger partial charge in [-0.15, -0.1) is 0 Å². The summed E-state index contributed by atoms with van der Waals surface area (Å²) in [5, 5.41) is 0. The van der Waals surface area contributed by atoms with E-state index in [1.165, 1.54) is 12.8 Å². The first-order valence-electron chi connectivity index (χ1n) is 5.28. The summed E-state index contributed by atoms with van der Waals surface area (Å²) in [6, 6.07) is 3.69. The van der Waals surface area contributed by atoms with E-state index in [4.69, 9.17) is 0 Å². The molecule has 0 spiro atoms. The van der Waals surface area contributed by atoms with E-state index in [1.807, 2.05) is 19.1 Å². The molecule has 1 aliphatic rings. The van der Waals surface area contributed by atoms with Crippen LogP contribution in [0.4, 0.5) is 0 Å². The molecule has 1 aromatic rings. The molecule has 2 nitrogen and oxygen atoms in total. The standard InChI is InChI=1S/C12H14INO/c1-8-6-10(4-5-14-8)12(15)11(13)7-9-2-3-9/h4-6,9,11H,2-3,7H2,1H3. The summed E-state index contributed by atoms with van der Waals surface area (Å²) in [6.45, 7) is 1.92. The van der Waals surface area contributed by atoms with Gasteiger partial charge in [-0.2, -0.15) is 0 Å². The molecular formula is C12H14INO. The molecule has 3 heteroatoms. The number of pyridine rings is 1. The summed E-state index contributed by atoms with van der Waals surface area (Å²) >= 11 is 2.27. The molecule has 0 saturated heterocycles. The Morgan fingerprint density at radius 1 is 1.67 bits per heavy atom. The summed E-state index contributed by atoms with van der Waals surface area (Å²) in [7, 11) is 0. The van der Waals surface area contributed by atoms with E-state index in [-0.39, 0.29) is 9.71 Å². The van der Waals surface area contributed by atoms with Crippen LogP contribution in [0.1, 0.15) is 35.3 Å². The van der Waals surface area contributed by atoms with Gasteiger partial charge < -0.3 is 0 Å². The van der Waals surface area contributed by atoms with Crippen LogP contribution in [0.25, 0.3) is 0 Å². The Morgan fingerprint density at radius 2 is 2.40 bits per heavy atom. The molecule has 1 saturated carbocycles. The average Bonchev–Trinajstić information content (AvgIpc) is 3.00. The van der Waals surface area contributed by atoms with E-state index in [0.717, 1.165) is 23.6 Å². The lowest BCUT2D eigenvalue weighted by Crippen LogP contribution is -2.15. The highest BCUT2D eigenvalue weighted by molar-refractivity contribution is 14.1. The van der Waals surface area contributed by atoms with Crippen molar-refractivity contribution in [3.63, 3.8) is 0 Å². The van der Waals surface area contributed by atoms with Crippen LogP contribution in [0.15, 0.2) is 18.3 Å². The van der Waals surface area contributed by atoms with Gasteiger partial charge in [-0.3, -0.25) is 9.78 Å². The lowest BCUT2D eigenvalue weighted by molar-refractivity contribution is 0.0990. The molecule has 0 amide bonds. The number of alkyl halides is 1. The molecule has 0 aromatic carbocycles. The Hall–Kier alpha value is -0.450. The fourth-order valence-electron chi connectivity index (χ4n) is 1.63. The van der Waals surface area contributed by atoms with Gasteiger partial charge >= 0.3 is 0 Å². The van der Waals surface area contributed by atoms with E-state index in [9.17, 15) is 4.79 Å². The Labute approximate surface area is 104 Å². The van der Waals surface area contributed by atoms with Gasteiger partial charge in [0.2, 0.25) is 0 Å². The Bertz CT molecular complexity index is 374. The van der Waals surface area contributed by atoms with Gasteiger partial charge in [0, 0.05) is 17.5 Å². The third kappa shape index (κ3) is 3.00. The predicted octanol–water partition coefficient (Wildman–Crippen LogP) is 3.18. The summed E-state index contributed by atoms with van der Waals surface area (Å²) in [5.41, 5.74) is 1.72. The van der Waals surface area contributed by atoms with Crippen molar-refractivity contribution in [1.82, 2.24) is 4.98 Å². The molecule has 15 heavy (non-hydrogen) atoms. The van der Waals surface area contributed by atoms with Crippen LogP contribution in [0.3, 0.4) is 0 Å². The normalized spacial score (nSPS) is 17.5. The van der Waals surface area contributed by atoms with Crippen molar-refractivity contribution in [3.05, 3.63) is 29.6 Å². The van der Waals surface area contributed by atoms with Crippen LogP contribution in [-0.4, -0.2) is 14.7 Å². The van der Waals surface area contributed by atoms with Crippen molar-refractivity contribution >= 4 is 28.4 Å². The zero-order valence-corrected chi connectivity index (χ0v) is 10.9. The monoisotopic (exact) mass is 315 g/mol. The molecule has 0 aliphatic heterocycles. The van der Waals surface area contributed by atoms with Crippen LogP contribution in [-0.2, 0) is 0 Å². The lowest BCUT2D eigenvalue weighted by Gasteiger charge is -2.08. The van der Waals surface area contributed by atoms with Crippen molar-refractivity contribution in [2.24, 2.45) is 5.92 Å². The minimum atomic E-state index is 0.136. The predicted molar refractivity (Wildman–Crippen MR) is 68.5 cm³/mol.